The Morgan fingerprint density at radius 2 is 2.11 bits per heavy atom. The first-order valence-electron chi connectivity index (χ1n) is 5.92. The highest BCUT2D eigenvalue weighted by Crippen LogP contribution is 2.09. The van der Waals surface area contributed by atoms with E-state index in [2.05, 4.69) is 27.6 Å². The molecule has 0 aliphatic heterocycles. The predicted molar refractivity (Wildman–Crippen MR) is 66.9 cm³/mol. The number of benzene rings is 1. The van der Waals surface area contributed by atoms with E-state index in [4.69, 9.17) is 9.26 Å². The van der Waals surface area contributed by atoms with Crippen LogP contribution in [0, 0.1) is 0 Å². The second-order valence-electron chi connectivity index (χ2n) is 3.96. The van der Waals surface area contributed by atoms with Crippen LogP contribution in [0.15, 0.2) is 35.1 Å². The summed E-state index contributed by atoms with van der Waals surface area (Å²) in [7, 11) is 1.71. The number of aromatic nitrogens is 2. The molecule has 0 amide bonds. The van der Waals surface area contributed by atoms with Gasteiger partial charge in [-0.15, -0.1) is 0 Å². The third kappa shape index (κ3) is 3.65. The van der Waals surface area contributed by atoms with E-state index in [9.17, 15) is 0 Å². The van der Waals surface area contributed by atoms with Gasteiger partial charge in [0, 0.05) is 26.6 Å². The van der Waals surface area contributed by atoms with Crippen LogP contribution >= 0.6 is 0 Å². The van der Waals surface area contributed by atoms with Crippen molar-refractivity contribution >= 4 is 0 Å². The van der Waals surface area contributed by atoms with Gasteiger partial charge in [-0.2, -0.15) is 4.98 Å². The molecule has 96 valence electrons. The van der Waals surface area contributed by atoms with Crippen molar-refractivity contribution in [3.8, 4) is 0 Å². The number of rotatable bonds is 7. The maximum atomic E-state index is 5.17. The minimum absolute atomic E-state index is 0.640. The highest BCUT2D eigenvalue weighted by Gasteiger charge is 2.02. The zero-order chi connectivity index (χ0) is 12.6. The molecule has 0 aliphatic rings. The van der Waals surface area contributed by atoms with Gasteiger partial charge < -0.3 is 14.6 Å². The van der Waals surface area contributed by atoms with Gasteiger partial charge in [0.1, 0.15) is 0 Å². The van der Waals surface area contributed by atoms with E-state index in [1.807, 2.05) is 12.1 Å². The van der Waals surface area contributed by atoms with Gasteiger partial charge in [0.25, 0.3) is 0 Å². The lowest BCUT2D eigenvalue weighted by molar-refractivity contribution is 0.184. The van der Waals surface area contributed by atoms with E-state index in [0.717, 1.165) is 19.5 Å². The molecule has 0 atom stereocenters. The van der Waals surface area contributed by atoms with Gasteiger partial charge in [-0.1, -0.05) is 29.4 Å². The zero-order valence-electron chi connectivity index (χ0n) is 10.4. The zero-order valence-corrected chi connectivity index (χ0v) is 10.4. The molecule has 0 spiro atoms. The molecule has 5 heteroatoms. The molecule has 0 saturated heterocycles. The van der Waals surface area contributed by atoms with Gasteiger partial charge >= 0.3 is 0 Å². The lowest BCUT2D eigenvalue weighted by Crippen LogP contribution is -2.17. The molecular formula is C13H17N3O2. The maximum Gasteiger partial charge on any atom is 0.227 e. The van der Waals surface area contributed by atoms with E-state index in [1.54, 1.807) is 7.11 Å². The van der Waals surface area contributed by atoms with E-state index in [1.165, 1.54) is 17.5 Å². The van der Waals surface area contributed by atoms with Crippen molar-refractivity contribution in [2.24, 2.45) is 0 Å². The topological polar surface area (TPSA) is 60.2 Å². The van der Waals surface area contributed by atoms with Crippen LogP contribution in [-0.2, 0) is 24.3 Å². The molecule has 0 unspecified atom stereocenters. The average Bonchev–Trinajstić information content (AvgIpc) is 2.90. The summed E-state index contributed by atoms with van der Waals surface area (Å²) in [6.45, 7) is 2.26. The Morgan fingerprint density at radius 3 is 2.83 bits per heavy atom. The van der Waals surface area contributed by atoms with Crippen molar-refractivity contribution in [1.82, 2.24) is 15.5 Å². The Morgan fingerprint density at radius 1 is 1.28 bits per heavy atom. The molecule has 2 rings (SSSR count). The smallest absolute Gasteiger partial charge is 0.227 e. The molecule has 1 aromatic carbocycles. The summed E-state index contributed by atoms with van der Waals surface area (Å²) >= 11 is 0. The third-order valence-corrected chi connectivity index (χ3v) is 2.66. The maximum absolute atomic E-state index is 5.17. The molecule has 18 heavy (non-hydrogen) atoms. The Labute approximate surface area is 106 Å². The molecule has 0 fully saturated rings. The van der Waals surface area contributed by atoms with Crippen LogP contribution in [0.5, 0.6) is 0 Å². The quantitative estimate of drug-likeness (QED) is 0.752. The van der Waals surface area contributed by atoms with E-state index in [0.29, 0.717) is 12.5 Å². The van der Waals surface area contributed by atoms with Crippen LogP contribution in [0.4, 0.5) is 0 Å². The molecule has 0 saturated carbocycles. The molecule has 0 radical (unpaired) electrons. The summed E-state index contributed by atoms with van der Waals surface area (Å²) in [4.78, 5) is 3.97. The largest absolute Gasteiger partial charge is 0.380 e. The van der Waals surface area contributed by atoms with Crippen LogP contribution in [0.2, 0.25) is 0 Å². The second kappa shape index (κ2) is 6.88. The fourth-order valence-electron chi connectivity index (χ4n) is 1.75. The average molecular weight is 247 g/mol. The second-order valence-corrected chi connectivity index (χ2v) is 3.96. The summed E-state index contributed by atoms with van der Waals surface area (Å²) in [5.74, 6) is 0.660. The summed E-state index contributed by atoms with van der Waals surface area (Å²) in [5, 5.41) is 6.92. The molecule has 0 bridgehead atoms. The fourth-order valence-corrected chi connectivity index (χ4v) is 1.75. The first-order chi connectivity index (χ1) is 8.90. The first-order valence-corrected chi connectivity index (χ1v) is 5.92. The van der Waals surface area contributed by atoms with Gasteiger partial charge in [0.05, 0.1) is 6.61 Å². The van der Waals surface area contributed by atoms with Crippen LogP contribution in [0.1, 0.15) is 17.0 Å². The Kier molecular flexibility index (Phi) is 4.87. The van der Waals surface area contributed by atoms with E-state index in [-0.39, 0.29) is 0 Å². The van der Waals surface area contributed by atoms with Gasteiger partial charge in [0.2, 0.25) is 5.89 Å². The number of ether oxygens (including phenoxy) is 1. The minimum atomic E-state index is 0.640. The Bertz CT molecular complexity index is 457. The molecule has 0 aliphatic carbocycles. The van der Waals surface area contributed by atoms with Gasteiger partial charge in [0.15, 0.2) is 6.33 Å². The standard InChI is InChI=1S/C13H17N3O2/c1-17-9-12-5-3-2-4-11(12)8-14-7-6-13-15-10-16-18-13/h2-5,10,14H,6-9H2,1H3. The van der Waals surface area contributed by atoms with Crippen LogP contribution in [-0.4, -0.2) is 23.8 Å². The van der Waals surface area contributed by atoms with E-state index >= 15 is 0 Å². The van der Waals surface area contributed by atoms with Crippen molar-refractivity contribution in [3.63, 3.8) is 0 Å². The Hall–Kier alpha value is -1.72. The van der Waals surface area contributed by atoms with Crippen molar-refractivity contribution in [2.45, 2.75) is 19.6 Å². The third-order valence-electron chi connectivity index (χ3n) is 2.66. The summed E-state index contributed by atoms with van der Waals surface area (Å²) < 4.78 is 10.1. The number of hydrogen-bond acceptors (Lipinski definition) is 5. The lowest BCUT2D eigenvalue weighted by Gasteiger charge is -2.09. The first kappa shape index (κ1) is 12.7. The fraction of sp³-hybridized carbons (Fsp3) is 0.385. The van der Waals surface area contributed by atoms with Crippen LogP contribution in [0.25, 0.3) is 0 Å². The van der Waals surface area contributed by atoms with Crippen LogP contribution in [0.3, 0.4) is 0 Å². The molecule has 1 heterocycles. The van der Waals surface area contributed by atoms with Crippen molar-refractivity contribution in [1.29, 1.82) is 0 Å². The van der Waals surface area contributed by atoms with Gasteiger partial charge in [-0.3, -0.25) is 0 Å². The molecule has 1 aromatic heterocycles. The Balaban J connectivity index is 1.79. The lowest BCUT2D eigenvalue weighted by atomic mass is 10.1. The van der Waals surface area contributed by atoms with E-state index < -0.39 is 0 Å². The van der Waals surface area contributed by atoms with Gasteiger partial charge in [-0.05, 0) is 11.1 Å². The monoisotopic (exact) mass is 247 g/mol. The minimum Gasteiger partial charge on any atom is -0.380 e. The predicted octanol–water partition coefficient (Wildman–Crippen LogP) is 1.55. The number of nitrogens with one attached hydrogen (secondary N) is 1. The highest BCUT2D eigenvalue weighted by atomic mass is 16.5. The number of methoxy groups -OCH3 is 1. The SMILES string of the molecule is COCc1ccccc1CNCCc1ncno1. The number of hydrogen-bond donors (Lipinski definition) is 1. The summed E-state index contributed by atoms with van der Waals surface area (Å²) in [6.07, 6.45) is 2.16. The molecular weight excluding hydrogens is 230 g/mol. The van der Waals surface area contributed by atoms with Crippen molar-refractivity contribution in [2.75, 3.05) is 13.7 Å². The van der Waals surface area contributed by atoms with Crippen LogP contribution < -0.4 is 5.32 Å². The van der Waals surface area contributed by atoms with Crippen molar-refractivity contribution < 1.29 is 9.26 Å². The molecule has 2 aromatic rings. The normalized spacial score (nSPS) is 10.7. The molecule has 1 N–H and O–H groups in total. The number of nitrogens with zero attached hydrogens (tertiary/aromatic N) is 2. The van der Waals surface area contributed by atoms with Gasteiger partial charge in [-0.25, -0.2) is 0 Å². The highest BCUT2D eigenvalue weighted by molar-refractivity contribution is 5.26. The summed E-state index contributed by atoms with van der Waals surface area (Å²) in [5.41, 5.74) is 2.47. The van der Waals surface area contributed by atoms with Crippen molar-refractivity contribution in [3.05, 3.63) is 47.6 Å². The molecule has 5 nitrogen and oxygen atoms in total. The summed E-state index contributed by atoms with van der Waals surface area (Å²) in [6, 6.07) is 8.25.